The van der Waals surface area contributed by atoms with Gasteiger partial charge < -0.3 is 5.32 Å². The quantitative estimate of drug-likeness (QED) is 0.792. The number of thioether (sulfide) groups is 1. The predicted octanol–water partition coefficient (Wildman–Crippen LogP) is 2.00. The molecule has 1 unspecified atom stereocenters. The van der Waals surface area contributed by atoms with Crippen LogP contribution in [0, 0.1) is 6.92 Å². The summed E-state index contributed by atoms with van der Waals surface area (Å²) in [7, 11) is 2.03. The van der Waals surface area contributed by atoms with Gasteiger partial charge in [-0.1, -0.05) is 6.92 Å². The molecule has 0 radical (unpaired) electrons. The van der Waals surface area contributed by atoms with E-state index in [4.69, 9.17) is 0 Å². The molecule has 1 heterocycles. The summed E-state index contributed by atoms with van der Waals surface area (Å²) < 4.78 is 2.00. The zero-order chi connectivity index (χ0) is 12.0. The lowest BCUT2D eigenvalue weighted by atomic mass is 10.1. The minimum absolute atomic E-state index is 0.560. The average Bonchev–Trinajstić information content (AvgIpc) is 2.54. The van der Waals surface area contributed by atoms with Crippen LogP contribution < -0.4 is 5.32 Å². The molecule has 1 aromatic rings. The van der Waals surface area contributed by atoms with Crippen molar-refractivity contribution in [2.75, 3.05) is 18.6 Å². The summed E-state index contributed by atoms with van der Waals surface area (Å²) in [6, 6.07) is 2.74. The fraction of sp³-hybridized carbons (Fsp3) is 0.750. The van der Waals surface area contributed by atoms with Crippen molar-refractivity contribution < 1.29 is 0 Å². The van der Waals surface area contributed by atoms with Crippen molar-refractivity contribution in [2.24, 2.45) is 7.05 Å². The van der Waals surface area contributed by atoms with Gasteiger partial charge in [0, 0.05) is 31.0 Å². The second-order valence-corrected chi connectivity index (χ2v) is 5.12. The maximum Gasteiger partial charge on any atom is 0.0596 e. The lowest BCUT2D eigenvalue weighted by Gasteiger charge is -2.17. The number of hydrogen-bond acceptors (Lipinski definition) is 3. The summed E-state index contributed by atoms with van der Waals surface area (Å²) in [6.07, 6.45) is 4.42. The fourth-order valence-corrected chi connectivity index (χ4v) is 2.49. The number of rotatable bonds is 7. The Morgan fingerprint density at radius 1 is 1.56 bits per heavy atom. The van der Waals surface area contributed by atoms with Crippen LogP contribution in [0.25, 0.3) is 0 Å². The molecule has 0 saturated heterocycles. The zero-order valence-corrected chi connectivity index (χ0v) is 11.6. The van der Waals surface area contributed by atoms with E-state index in [-0.39, 0.29) is 0 Å². The van der Waals surface area contributed by atoms with Crippen molar-refractivity contribution in [2.45, 2.75) is 32.7 Å². The van der Waals surface area contributed by atoms with E-state index in [1.54, 1.807) is 0 Å². The van der Waals surface area contributed by atoms with Gasteiger partial charge in [0.1, 0.15) is 0 Å². The van der Waals surface area contributed by atoms with Gasteiger partial charge in [-0.05, 0) is 32.2 Å². The Labute approximate surface area is 103 Å². The molecule has 1 atom stereocenters. The highest BCUT2D eigenvalue weighted by Gasteiger charge is 2.11. The summed E-state index contributed by atoms with van der Waals surface area (Å²) in [6.45, 7) is 5.35. The van der Waals surface area contributed by atoms with Crippen LogP contribution in [0.3, 0.4) is 0 Å². The molecule has 92 valence electrons. The molecule has 0 aromatic carbocycles. The van der Waals surface area contributed by atoms with Gasteiger partial charge in [-0.2, -0.15) is 16.9 Å². The van der Waals surface area contributed by atoms with Crippen molar-refractivity contribution in [1.82, 2.24) is 15.1 Å². The minimum atomic E-state index is 0.560. The van der Waals surface area contributed by atoms with E-state index in [0.717, 1.165) is 24.4 Å². The highest BCUT2D eigenvalue weighted by Crippen LogP contribution is 2.08. The summed E-state index contributed by atoms with van der Waals surface area (Å²) in [5, 5.41) is 7.98. The first kappa shape index (κ1) is 13.6. The first-order valence-corrected chi connectivity index (χ1v) is 7.28. The number of nitrogens with one attached hydrogen (secondary N) is 1. The van der Waals surface area contributed by atoms with Gasteiger partial charge in [0.05, 0.1) is 5.69 Å². The molecule has 3 nitrogen and oxygen atoms in total. The molecule has 1 aromatic heterocycles. The molecule has 0 amide bonds. The first-order chi connectivity index (χ1) is 7.67. The lowest BCUT2D eigenvalue weighted by molar-refractivity contribution is 0.532. The normalized spacial score (nSPS) is 13.0. The van der Waals surface area contributed by atoms with Crippen molar-refractivity contribution in [3.8, 4) is 0 Å². The second kappa shape index (κ2) is 6.97. The largest absolute Gasteiger partial charge is 0.313 e. The van der Waals surface area contributed by atoms with E-state index < -0.39 is 0 Å². The van der Waals surface area contributed by atoms with Crippen molar-refractivity contribution in [3.05, 3.63) is 17.5 Å². The van der Waals surface area contributed by atoms with Gasteiger partial charge >= 0.3 is 0 Å². The smallest absolute Gasteiger partial charge is 0.0596 e. The molecule has 0 aliphatic carbocycles. The Hall–Kier alpha value is -0.480. The fourth-order valence-electron chi connectivity index (χ4n) is 1.85. The Balaban J connectivity index is 2.56. The van der Waals surface area contributed by atoms with Crippen molar-refractivity contribution in [1.29, 1.82) is 0 Å². The number of aromatic nitrogens is 2. The third-order valence-corrected chi connectivity index (χ3v) is 3.34. The van der Waals surface area contributed by atoms with Gasteiger partial charge in [-0.15, -0.1) is 0 Å². The van der Waals surface area contributed by atoms with Crippen LogP contribution >= 0.6 is 11.8 Å². The lowest BCUT2D eigenvalue weighted by Crippen LogP contribution is -2.34. The van der Waals surface area contributed by atoms with Gasteiger partial charge in [-0.25, -0.2) is 0 Å². The van der Waals surface area contributed by atoms with E-state index in [0.29, 0.717) is 6.04 Å². The molecule has 16 heavy (non-hydrogen) atoms. The molecule has 0 bridgehead atoms. The SMILES string of the molecule is CCCNC(CSC)Cc1cc(C)nn1C. The van der Waals surface area contributed by atoms with Crippen LogP contribution in [0.1, 0.15) is 24.7 Å². The maximum atomic E-state index is 4.39. The average molecular weight is 241 g/mol. The Morgan fingerprint density at radius 3 is 2.81 bits per heavy atom. The maximum absolute atomic E-state index is 4.39. The van der Waals surface area contributed by atoms with Gasteiger partial charge in [0.25, 0.3) is 0 Å². The van der Waals surface area contributed by atoms with E-state index in [9.17, 15) is 0 Å². The van der Waals surface area contributed by atoms with E-state index in [1.807, 2.05) is 30.4 Å². The number of nitrogens with zero attached hydrogens (tertiary/aromatic N) is 2. The van der Waals surface area contributed by atoms with E-state index >= 15 is 0 Å². The monoisotopic (exact) mass is 241 g/mol. The molecule has 0 aliphatic rings. The molecular weight excluding hydrogens is 218 g/mol. The Kier molecular flexibility index (Phi) is 5.91. The predicted molar refractivity (Wildman–Crippen MR) is 72.1 cm³/mol. The molecular formula is C12H23N3S. The first-order valence-electron chi connectivity index (χ1n) is 5.89. The summed E-state index contributed by atoms with van der Waals surface area (Å²) >= 11 is 1.90. The van der Waals surface area contributed by atoms with Crippen LogP contribution in [0.2, 0.25) is 0 Å². The van der Waals surface area contributed by atoms with Crippen LogP contribution in [-0.4, -0.2) is 34.4 Å². The highest BCUT2D eigenvalue weighted by molar-refractivity contribution is 7.98. The molecule has 0 saturated carbocycles. The van der Waals surface area contributed by atoms with Gasteiger partial charge in [-0.3, -0.25) is 4.68 Å². The van der Waals surface area contributed by atoms with Crippen LogP contribution in [0.5, 0.6) is 0 Å². The van der Waals surface area contributed by atoms with Crippen LogP contribution in [-0.2, 0) is 13.5 Å². The summed E-state index contributed by atoms with van der Waals surface area (Å²) in [5.74, 6) is 1.16. The molecule has 0 aliphatic heterocycles. The highest BCUT2D eigenvalue weighted by atomic mass is 32.2. The minimum Gasteiger partial charge on any atom is -0.313 e. The Bertz CT molecular complexity index is 309. The van der Waals surface area contributed by atoms with Gasteiger partial charge in [0.15, 0.2) is 0 Å². The van der Waals surface area contributed by atoms with Crippen LogP contribution in [0.4, 0.5) is 0 Å². The molecule has 0 spiro atoms. The van der Waals surface area contributed by atoms with E-state index in [2.05, 4.69) is 29.7 Å². The third kappa shape index (κ3) is 4.18. The Morgan fingerprint density at radius 2 is 2.31 bits per heavy atom. The topological polar surface area (TPSA) is 29.9 Å². The summed E-state index contributed by atoms with van der Waals surface area (Å²) in [5.41, 5.74) is 2.43. The van der Waals surface area contributed by atoms with Crippen LogP contribution in [0.15, 0.2) is 6.07 Å². The standard InChI is InChI=1S/C12H23N3S/c1-5-6-13-11(9-16-4)8-12-7-10(2)14-15(12)3/h7,11,13H,5-6,8-9H2,1-4H3. The molecule has 1 N–H and O–H groups in total. The van der Waals surface area contributed by atoms with E-state index in [1.165, 1.54) is 12.1 Å². The summed E-state index contributed by atoms with van der Waals surface area (Å²) in [4.78, 5) is 0. The zero-order valence-electron chi connectivity index (χ0n) is 10.8. The van der Waals surface area contributed by atoms with Crippen molar-refractivity contribution in [3.63, 3.8) is 0 Å². The molecule has 4 heteroatoms. The van der Waals surface area contributed by atoms with Gasteiger partial charge in [0.2, 0.25) is 0 Å². The number of aryl methyl sites for hydroxylation is 2. The molecule has 0 fully saturated rings. The third-order valence-electron chi connectivity index (χ3n) is 2.61. The van der Waals surface area contributed by atoms with Crippen molar-refractivity contribution >= 4 is 11.8 Å². The number of hydrogen-bond donors (Lipinski definition) is 1. The second-order valence-electron chi connectivity index (χ2n) is 4.21. The molecule has 1 rings (SSSR count).